The van der Waals surface area contributed by atoms with Crippen molar-refractivity contribution >= 4 is 32.5 Å². The van der Waals surface area contributed by atoms with Crippen LogP contribution in [0.15, 0.2) is 51.8 Å². The number of rotatable bonds is 7. The topological polar surface area (TPSA) is 87.5 Å². The minimum atomic E-state index is -3.51. The van der Waals surface area contributed by atoms with E-state index in [0.717, 1.165) is 23.3 Å². The third kappa shape index (κ3) is 3.66. The number of oxazole rings is 1. The summed E-state index contributed by atoms with van der Waals surface area (Å²) < 4.78 is 31.7. The summed E-state index contributed by atoms with van der Waals surface area (Å²) in [6, 6.07) is 12.5. The molecular formula is C18H22N4O3S. The van der Waals surface area contributed by atoms with Crippen LogP contribution in [-0.4, -0.2) is 38.3 Å². The zero-order valence-corrected chi connectivity index (χ0v) is 15.8. The smallest absolute Gasteiger partial charge is 0.242 e. The van der Waals surface area contributed by atoms with E-state index in [0.29, 0.717) is 18.1 Å². The van der Waals surface area contributed by atoms with Crippen molar-refractivity contribution in [2.75, 3.05) is 31.3 Å². The van der Waals surface area contributed by atoms with Gasteiger partial charge >= 0.3 is 0 Å². The minimum absolute atomic E-state index is 0.226. The number of fused-ring (bicyclic) bond motifs is 1. The SMILES string of the molecule is CCNc1ccc(S(=O)(=O)N(C)C)cc1NCc1nc2ccccc2o1. The van der Waals surface area contributed by atoms with Crippen LogP contribution in [0.1, 0.15) is 12.8 Å². The molecule has 26 heavy (non-hydrogen) atoms. The Labute approximate surface area is 153 Å². The molecule has 2 N–H and O–H groups in total. The maximum Gasteiger partial charge on any atom is 0.242 e. The van der Waals surface area contributed by atoms with E-state index >= 15 is 0 Å². The molecule has 8 heteroatoms. The molecule has 0 aliphatic carbocycles. The van der Waals surface area contributed by atoms with Crippen LogP contribution in [0.2, 0.25) is 0 Å². The zero-order chi connectivity index (χ0) is 18.7. The first-order valence-corrected chi connectivity index (χ1v) is 9.74. The maximum absolute atomic E-state index is 12.4. The Morgan fingerprint density at radius 3 is 2.54 bits per heavy atom. The van der Waals surface area contributed by atoms with Gasteiger partial charge in [0.15, 0.2) is 5.58 Å². The van der Waals surface area contributed by atoms with Crippen LogP contribution in [0.3, 0.4) is 0 Å². The Kier molecular flexibility index (Phi) is 5.15. The van der Waals surface area contributed by atoms with Crippen molar-refractivity contribution in [1.29, 1.82) is 0 Å². The van der Waals surface area contributed by atoms with Crippen LogP contribution in [-0.2, 0) is 16.6 Å². The highest BCUT2D eigenvalue weighted by Crippen LogP contribution is 2.27. The third-order valence-electron chi connectivity index (χ3n) is 3.91. The summed E-state index contributed by atoms with van der Waals surface area (Å²) in [7, 11) is -0.482. The van der Waals surface area contributed by atoms with E-state index in [4.69, 9.17) is 4.42 Å². The van der Waals surface area contributed by atoms with Crippen LogP contribution in [0.25, 0.3) is 11.1 Å². The third-order valence-corrected chi connectivity index (χ3v) is 5.72. The first-order valence-electron chi connectivity index (χ1n) is 8.30. The average Bonchev–Trinajstić information content (AvgIpc) is 3.03. The molecule has 138 valence electrons. The van der Waals surface area contributed by atoms with E-state index in [1.165, 1.54) is 18.4 Å². The van der Waals surface area contributed by atoms with Gasteiger partial charge < -0.3 is 15.1 Å². The number of sulfonamides is 1. The van der Waals surface area contributed by atoms with Gasteiger partial charge in [-0.05, 0) is 37.3 Å². The fourth-order valence-electron chi connectivity index (χ4n) is 2.55. The largest absolute Gasteiger partial charge is 0.439 e. The molecule has 2 aromatic carbocycles. The molecule has 1 heterocycles. The van der Waals surface area contributed by atoms with Crippen molar-refractivity contribution in [1.82, 2.24) is 9.29 Å². The second kappa shape index (κ2) is 7.35. The van der Waals surface area contributed by atoms with Crippen molar-refractivity contribution in [2.45, 2.75) is 18.4 Å². The molecule has 0 aliphatic rings. The fourth-order valence-corrected chi connectivity index (χ4v) is 3.48. The Morgan fingerprint density at radius 2 is 1.85 bits per heavy atom. The summed E-state index contributed by atoms with van der Waals surface area (Å²) in [6.45, 7) is 3.05. The van der Waals surface area contributed by atoms with Gasteiger partial charge in [0, 0.05) is 20.6 Å². The lowest BCUT2D eigenvalue weighted by Crippen LogP contribution is -2.22. The molecule has 0 fully saturated rings. The van der Waals surface area contributed by atoms with Crippen molar-refractivity contribution in [3.05, 3.63) is 48.4 Å². The molecule has 0 amide bonds. The van der Waals surface area contributed by atoms with Crippen LogP contribution >= 0.6 is 0 Å². The van der Waals surface area contributed by atoms with E-state index in [-0.39, 0.29) is 4.90 Å². The molecule has 1 aromatic heterocycles. The highest BCUT2D eigenvalue weighted by atomic mass is 32.2. The molecule has 0 atom stereocenters. The van der Waals surface area contributed by atoms with Gasteiger partial charge in [0.05, 0.1) is 22.8 Å². The van der Waals surface area contributed by atoms with Gasteiger partial charge in [-0.25, -0.2) is 17.7 Å². The molecule has 0 aliphatic heterocycles. The van der Waals surface area contributed by atoms with Crippen LogP contribution in [0, 0.1) is 0 Å². The van der Waals surface area contributed by atoms with Gasteiger partial charge in [-0.2, -0.15) is 0 Å². The summed E-state index contributed by atoms with van der Waals surface area (Å²) in [5.74, 6) is 0.537. The van der Waals surface area contributed by atoms with Gasteiger partial charge in [0.2, 0.25) is 15.9 Å². The summed E-state index contributed by atoms with van der Waals surface area (Å²) in [4.78, 5) is 4.65. The molecule has 0 bridgehead atoms. The van der Waals surface area contributed by atoms with Gasteiger partial charge in [0.1, 0.15) is 5.52 Å². The van der Waals surface area contributed by atoms with E-state index in [1.807, 2.05) is 31.2 Å². The van der Waals surface area contributed by atoms with Crippen molar-refractivity contribution < 1.29 is 12.8 Å². The van der Waals surface area contributed by atoms with E-state index in [1.54, 1.807) is 18.2 Å². The molecule has 7 nitrogen and oxygen atoms in total. The number of hydrogen-bond acceptors (Lipinski definition) is 6. The zero-order valence-electron chi connectivity index (χ0n) is 15.0. The number of nitrogens with zero attached hydrogens (tertiary/aromatic N) is 2. The number of aromatic nitrogens is 1. The lowest BCUT2D eigenvalue weighted by Gasteiger charge is -2.16. The monoisotopic (exact) mass is 374 g/mol. The Balaban J connectivity index is 1.88. The number of benzene rings is 2. The summed E-state index contributed by atoms with van der Waals surface area (Å²) >= 11 is 0. The quantitative estimate of drug-likeness (QED) is 0.661. The number of anilines is 2. The lowest BCUT2D eigenvalue weighted by atomic mass is 10.2. The molecule has 3 rings (SSSR count). The van der Waals surface area contributed by atoms with E-state index in [9.17, 15) is 8.42 Å². The van der Waals surface area contributed by atoms with Crippen molar-refractivity contribution in [2.24, 2.45) is 0 Å². The van der Waals surface area contributed by atoms with Crippen molar-refractivity contribution in [3.63, 3.8) is 0 Å². The Bertz CT molecular complexity index is 979. The first-order chi connectivity index (χ1) is 12.4. The van der Waals surface area contributed by atoms with E-state index < -0.39 is 10.0 Å². The standard InChI is InChI=1S/C18H22N4O3S/c1-4-19-14-10-9-13(26(23,24)22(2)3)11-16(14)20-12-18-21-15-7-5-6-8-17(15)25-18/h5-11,19-20H,4,12H2,1-3H3. The second-order valence-corrected chi connectivity index (χ2v) is 8.11. The lowest BCUT2D eigenvalue weighted by molar-refractivity contribution is 0.521. The van der Waals surface area contributed by atoms with Crippen LogP contribution < -0.4 is 10.6 Å². The summed E-state index contributed by atoms with van der Waals surface area (Å²) in [5, 5.41) is 6.45. The maximum atomic E-state index is 12.4. The normalized spacial score (nSPS) is 11.8. The van der Waals surface area contributed by atoms with Gasteiger partial charge in [0.25, 0.3) is 0 Å². The van der Waals surface area contributed by atoms with Crippen LogP contribution in [0.4, 0.5) is 11.4 Å². The van der Waals surface area contributed by atoms with Gasteiger partial charge in [-0.3, -0.25) is 0 Å². The number of para-hydroxylation sites is 2. The average molecular weight is 374 g/mol. The summed E-state index contributed by atoms with van der Waals surface area (Å²) in [6.07, 6.45) is 0. The van der Waals surface area contributed by atoms with E-state index in [2.05, 4.69) is 15.6 Å². The fraction of sp³-hybridized carbons (Fsp3) is 0.278. The predicted molar refractivity (Wildman–Crippen MR) is 103 cm³/mol. The van der Waals surface area contributed by atoms with Gasteiger partial charge in [-0.1, -0.05) is 12.1 Å². The molecule has 0 saturated carbocycles. The molecule has 0 spiro atoms. The van der Waals surface area contributed by atoms with Gasteiger partial charge in [-0.15, -0.1) is 0 Å². The second-order valence-electron chi connectivity index (χ2n) is 5.95. The summed E-state index contributed by atoms with van der Waals surface area (Å²) in [5.41, 5.74) is 3.01. The van der Waals surface area contributed by atoms with Crippen LogP contribution in [0.5, 0.6) is 0 Å². The number of nitrogens with one attached hydrogen (secondary N) is 2. The molecule has 0 unspecified atom stereocenters. The molecular weight excluding hydrogens is 352 g/mol. The minimum Gasteiger partial charge on any atom is -0.439 e. The highest BCUT2D eigenvalue weighted by Gasteiger charge is 2.19. The highest BCUT2D eigenvalue weighted by molar-refractivity contribution is 7.89. The predicted octanol–water partition coefficient (Wildman–Crippen LogP) is 3.12. The Morgan fingerprint density at radius 1 is 1.08 bits per heavy atom. The first kappa shape index (κ1) is 18.2. The Hall–Kier alpha value is -2.58. The molecule has 3 aromatic rings. The number of hydrogen-bond donors (Lipinski definition) is 2. The molecule has 0 radical (unpaired) electrons. The molecule has 0 saturated heterocycles. The van der Waals surface area contributed by atoms with Crippen molar-refractivity contribution in [3.8, 4) is 0 Å².